The average molecular weight is 607 g/mol. The molecule has 0 spiro atoms. The minimum absolute atomic E-state index is 0.0369. The molecule has 4 heterocycles. The fourth-order valence-corrected chi connectivity index (χ4v) is 4.40. The lowest BCUT2D eigenvalue weighted by atomic mass is 10.2. The number of H-pyrrole nitrogens is 1. The highest BCUT2D eigenvalue weighted by molar-refractivity contribution is 6.30. The predicted octanol–water partition coefficient (Wildman–Crippen LogP) is 2.88. The Balaban J connectivity index is 1.45. The molecular formula is C23H21ClF6N8O3. The smallest absolute Gasteiger partial charge is 0.379 e. The first kappa shape index (κ1) is 29.8. The molecule has 1 unspecified atom stereocenters. The van der Waals surface area contributed by atoms with Crippen molar-refractivity contribution in [3.8, 4) is 0 Å². The lowest BCUT2D eigenvalue weighted by Gasteiger charge is -2.34. The Morgan fingerprint density at radius 1 is 1.05 bits per heavy atom. The summed E-state index contributed by atoms with van der Waals surface area (Å²) in [6.45, 7) is 2.00. The average Bonchev–Trinajstić information content (AvgIpc) is 2.89. The number of nitrogens with one attached hydrogen (secondary N) is 2. The summed E-state index contributed by atoms with van der Waals surface area (Å²) in [5.41, 5.74) is -5.14. The maximum atomic E-state index is 13.3. The van der Waals surface area contributed by atoms with Crippen molar-refractivity contribution in [2.45, 2.75) is 31.9 Å². The van der Waals surface area contributed by atoms with E-state index in [1.165, 1.54) is 24.1 Å². The minimum Gasteiger partial charge on any atom is -0.379 e. The number of amides is 1. The first-order chi connectivity index (χ1) is 19.1. The molecule has 11 nitrogen and oxygen atoms in total. The second kappa shape index (κ2) is 11.4. The Kier molecular flexibility index (Phi) is 8.28. The third-order valence-electron chi connectivity index (χ3n) is 6.12. The van der Waals surface area contributed by atoms with Gasteiger partial charge in [0.25, 0.3) is 17.0 Å². The summed E-state index contributed by atoms with van der Waals surface area (Å²) in [5, 5.41) is 7.33. The van der Waals surface area contributed by atoms with E-state index in [9.17, 15) is 40.7 Å². The monoisotopic (exact) mass is 606 g/mol. The molecule has 1 aliphatic heterocycles. The van der Waals surface area contributed by atoms with Crippen molar-refractivity contribution < 1.29 is 31.1 Å². The molecule has 2 N–H and O–H groups in total. The number of piperazine rings is 1. The third kappa shape index (κ3) is 6.78. The standard InChI is InChI=1S/C23H21ClF6N8O3/c1-12(34-16-9-33-35-18(39)17(16)23(28,29)30)10-38-11-13(6-15(24)20(38)41)19(40)36-2-4-37(5-3-36)21-31-7-14(8-32-21)22(25,26)27/h6-9,11-12H,2-5,10H2,1H3,(H2,34,35,39). The van der Waals surface area contributed by atoms with Crippen LogP contribution in [0.3, 0.4) is 0 Å². The van der Waals surface area contributed by atoms with Gasteiger partial charge in [-0.15, -0.1) is 0 Å². The van der Waals surface area contributed by atoms with Gasteiger partial charge in [0.2, 0.25) is 5.95 Å². The van der Waals surface area contributed by atoms with E-state index >= 15 is 0 Å². The first-order valence-electron chi connectivity index (χ1n) is 11.9. The lowest BCUT2D eigenvalue weighted by Crippen LogP contribution is -2.49. The van der Waals surface area contributed by atoms with E-state index in [1.807, 2.05) is 0 Å². The van der Waals surface area contributed by atoms with Gasteiger partial charge in [-0.25, -0.2) is 15.1 Å². The fourth-order valence-electron chi connectivity index (χ4n) is 4.17. The SMILES string of the molecule is CC(Cn1cc(C(=O)N2CCN(c3ncc(C(F)(F)F)cn3)CC2)cc(Cl)c1=O)Nc1cn[nH]c(=O)c1C(F)(F)F. The third-order valence-corrected chi connectivity index (χ3v) is 6.39. The Morgan fingerprint density at radius 3 is 2.27 bits per heavy atom. The summed E-state index contributed by atoms with van der Waals surface area (Å²) in [4.78, 5) is 48.1. The Labute approximate surface area is 231 Å². The van der Waals surface area contributed by atoms with Crippen LogP contribution in [-0.4, -0.2) is 67.8 Å². The number of carbonyl (C=O) groups is 1. The number of anilines is 2. The van der Waals surface area contributed by atoms with Crippen molar-refractivity contribution in [3.63, 3.8) is 0 Å². The summed E-state index contributed by atoms with van der Waals surface area (Å²) < 4.78 is 79.4. The molecule has 1 fully saturated rings. The van der Waals surface area contributed by atoms with E-state index in [4.69, 9.17) is 11.6 Å². The van der Waals surface area contributed by atoms with Crippen LogP contribution in [0.25, 0.3) is 0 Å². The second-order valence-corrected chi connectivity index (χ2v) is 9.52. The van der Waals surface area contributed by atoms with E-state index in [1.54, 1.807) is 10.00 Å². The zero-order valence-electron chi connectivity index (χ0n) is 21.1. The number of pyridine rings is 1. The molecule has 220 valence electrons. The first-order valence-corrected chi connectivity index (χ1v) is 12.3. The second-order valence-electron chi connectivity index (χ2n) is 9.11. The number of alkyl halides is 6. The van der Waals surface area contributed by atoms with E-state index in [0.29, 0.717) is 12.4 Å². The predicted molar refractivity (Wildman–Crippen MR) is 134 cm³/mol. The van der Waals surface area contributed by atoms with Crippen molar-refractivity contribution in [2.75, 3.05) is 36.4 Å². The number of aromatic amines is 1. The lowest BCUT2D eigenvalue weighted by molar-refractivity contribution is -0.139. The number of halogens is 7. The molecular weight excluding hydrogens is 586 g/mol. The van der Waals surface area contributed by atoms with Gasteiger partial charge in [0.15, 0.2) is 0 Å². The molecule has 4 rings (SSSR count). The topological polar surface area (TPSA) is 129 Å². The molecule has 0 bridgehead atoms. The molecule has 41 heavy (non-hydrogen) atoms. The Morgan fingerprint density at radius 2 is 1.68 bits per heavy atom. The van der Waals surface area contributed by atoms with Crippen LogP contribution in [0.1, 0.15) is 28.4 Å². The van der Waals surface area contributed by atoms with E-state index < -0.39 is 52.2 Å². The van der Waals surface area contributed by atoms with E-state index in [-0.39, 0.29) is 49.3 Å². The van der Waals surface area contributed by atoms with Crippen LogP contribution in [0.5, 0.6) is 0 Å². The highest BCUT2D eigenvalue weighted by Gasteiger charge is 2.37. The summed E-state index contributed by atoms with van der Waals surface area (Å²) >= 11 is 6.07. The summed E-state index contributed by atoms with van der Waals surface area (Å²) in [7, 11) is 0. The van der Waals surface area contributed by atoms with Crippen LogP contribution >= 0.6 is 11.6 Å². The van der Waals surface area contributed by atoms with Crippen molar-refractivity contribution in [1.29, 1.82) is 0 Å². The zero-order chi connectivity index (χ0) is 30.1. The fraction of sp³-hybridized carbons (Fsp3) is 0.391. The number of hydrogen-bond acceptors (Lipinski definition) is 8. The van der Waals surface area contributed by atoms with Gasteiger partial charge in [-0.3, -0.25) is 14.4 Å². The minimum atomic E-state index is -4.96. The molecule has 0 aromatic carbocycles. The van der Waals surface area contributed by atoms with Crippen molar-refractivity contribution in [3.05, 3.63) is 73.3 Å². The Bertz CT molecular complexity index is 1530. The molecule has 1 amide bonds. The Hall–Kier alpha value is -4.15. The zero-order valence-corrected chi connectivity index (χ0v) is 21.8. The van der Waals surface area contributed by atoms with Crippen LogP contribution in [0.2, 0.25) is 5.02 Å². The van der Waals surface area contributed by atoms with Gasteiger partial charge >= 0.3 is 12.4 Å². The normalized spacial score (nSPS) is 15.1. The van der Waals surface area contributed by atoms with Crippen molar-refractivity contribution >= 4 is 29.1 Å². The van der Waals surface area contributed by atoms with Crippen LogP contribution < -0.4 is 21.3 Å². The van der Waals surface area contributed by atoms with Crippen molar-refractivity contribution in [1.82, 2.24) is 29.6 Å². The van der Waals surface area contributed by atoms with Gasteiger partial charge in [0.1, 0.15) is 10.6 Å². The molecule has 3 aromatic rings. The number of nitrogens with zero attached hydrogens (tertiary/aromatic N) is 6. The molecule has 1 saturated heterocycles. The van der Waals surface area contributed by atoms with E-state index in [2.05, 4.69) is 20.4 Å². The van der Waals surface area contributed by atoms with Gasteiger partial charge in [-0.05, 0) is 13.0 Å². The summed E-state index contributed by atoms with van der Waals surface area (Å²) in [6.07, 6.45) is -6.16. The van der Waals surface area contributed by atoms with E-state index in [0.717, 1.165) is 10.8 Å². The maximum Gasteiger partial charge on any atom is 0.423 e. The molecule has 1 atom stereocenters. The largest absolute Gasteiger partial charge is 0.423 e. The van der Waals surface area contributed by atoms with Crippen LogP contribution in [-0.2, 0) is 18.9 Å². The number of rotatable bonds is 6. The van der Waals surface area contributed by atoms with Crippen molar-refractivity contribution in [2.24, 2.45) is 0 Å². The van der Waals surface area contributed by atoms with Crippen LogP contribution in [0.4, 0.5) is 38.0 Å². The summed E-state index contributed by atoms with van der Waals surface area (Å²) in [5.74, 6) is -0.417. The molecule has 0 aliphatic carbocycles. The molecule has 0 saturated carbocycles. The number of aromatic nitrogens is 5. The van der Waals surface area contributed by atoms with Gasteiger partial charge in [0.05, 0.1) is 23.0 Å². The van der Waals surface area contributed by atoms with Gasteiger partial charge in [-0.2, -0.15) is 31.4 Å². The molecule has 0 radical (unpaired) electrons. The van der Waals surface area contributed by atoms with Gasteiger partial charge < -0.3 is 19.7 Å². The van der Waals surface area contributed by atoms with Gasteiger partial charge in [-0.1, -0.05) is 11.6 Å². The molecule has 18 heteroatoms. The molecule has 3 aromatic heterocycles. The van der Waals surface area contributed by atoms with Crippen LogP contribution in [0.15, 0.2) is 40.4 Å². The van der Waals surface area contributed by atoms with Gasteiger partial charge in [0, 0.05) is 57.4 Å². The quantitative estimate of drug-likeness (QED) is 0.410. The maximum absolute atomic E-state index is 13.3. The highest BCUT2D eigenvalue weighted by Crippen LogP contribution is 2.32. The highest BCUT2D eigenvalue weighted by atomic mass is 35.5. The van der Waals surface area contributed by atoms with Crippen LogP contribution in [0, 0.1) is 0 Å². The molecule has 1 aliphatic rings. The number of hydrogen-bond donors (Lipinski definition) is 2. The summed E-state index contributed by atoms with van der Waals surface area (Å²) in [6, 6.07) is 0.334. The number of carbonyl (C=O) groups excluding carboxylic acids is 1.